The van der Waals surface area contributed by atoms with E-state index in [0.717, 1.165) is 5.52 Å². The van der Waals surface area contributed by atoms with Gasteiger partial charge in [0.2, 0.25) is 0 Å². The van der Waals surface area contributed by atoms with E-state index < -0.39 is 0 Å². The van der Waals surface area contributed by atoms with Gasteiger partial charge >= 0.3 is 0 Å². The van der Waals surface area contributed by atoms with Gasteiger partial charge < -0.3 is 0 Å². The molecule has 0 fully saturated rings. The molecule has 0 aliphatic rings. The van der Waals surface area contributed by atoms with Crippen molar-refractivity contribution in [1.29, 1.82) is 0 Å². The smallest absolute Gasteiger partial charge is 0.153 e. The van der Waals surface area contributed by atoms with E-state index in [4.69, 9.17) is 23.2 Å². The molecule has 1 aromatic heterocycles. The molecule has 1 heterocycles. The largest absolute Gasteiger partial charge is 0.298 e. The minimum absolute atomic E-state index is 0.376. The van der Waals surface area contributed by atoms with Gasteiger partial charge in [-0.15, -0.1) is 0 Å². The van der Waals surface area contributed by atoms with Gasteiger partial charge in [-0.25, -0.2) is 0 Å². The molecule has 0 N–H and O–H groups in total. The molecule has 0 saturated heterocycles. The second-order valence-electron chi connectivity index (χ2n) is 2.81. The number of aromatic nitrogens is 1. The second-order valence-corrected chi connectivity index (χ2v) is 3.62. The summed E-state index contributed by atoms with van der Waals surface area (Å²) in [6.45, 7) is 0. The van der Waals surface area contributed by atoms with Crippen LogP contribution in [0.4, 0.5) is 0 Å². The standard InChI is InChI=1S/C10H5Cl2NO/c11-7-1-2-9-8(3-7)10(12)6(5-14)4-13-9/h1-5H. The zero-order valence-corrected chi connectivity index (χ0v) is 8.51. The van der Waals surface area contributed by atoms with Gasteiger partial charge in [-0.3, -0.25) is 9.78 Å². The number of hydrogen-bond donors (Lipinski definition) is 0. The molecule has 0 spiro atoms. The fraction of sp³-hybridized carbons (Fsp3) is 0. The maximum Gasteiger partial charge on any atom is 0.153 e. The zero-order chi connectivity index (χ0) is 10.1. The highest BCUT2D eigenvalue weighted by molar-refractivity contribution is 6.38. The lowest BCUT2D eigenvalue weighted by molar-refractivity contribution is 0.112. The fourth-order valence-electron chi connectivity index (χ4n) is 1.23. The summed E-state index contributed by atoms with van der Waals surface area (Å²) in [5.41, 5.74) is 1.10. The lowest BCUT2D eigenvalue weighted by Gasteiger charge is -2.01. The Balaban J connectivity index is 2.86. The summed E-state index contributed by atoms with van der Waals surface area (Å²) in [4.78, 5) is 14.7. The van der Waals surface area contributed by atoms with Crippen molar-refractivity contribution in [3.63, 3.8) is 0 Å². The van der Waals surface area contributed by atoms with Gasteiger partial charge in [0.25, 0.3) is 0 Å². The first-order valence-corrected chi connectivity index (χ1v) is 4.67. The molecule has 2 nitrogen and oxygen atoms in total. The van der Waals surface area contributed by atoms with E-state index in [1.165, 1.54) is 6.20 Å². The number of fused-ring (bicyclic) bond motifs is 1. The normalized spacial score (nSPS) is 10.4. The first-order chi connectivity index (χ1) is 6.72. The Morgan fingerprint density at radius 3 is 2.79 bits per heavy atom. The van der Waals surface area contributed by atoms with Crippen molar-refractivity contribution < 1.29 is 4.79 Å². The molecule has 1 aromatic carbocycles. The fourth-order valence-corrected chi connectivity index (χ4v) is 1.65. The van der Waals surface area contributed by atoms with E-state index >= 15 is 0 Å². The van der Waals surface area contributed by atoms with Crippen LogP contribution in [0.3, 0.4) is 0 Å². The van der Waals surface area contributed by atoms with Crippen LogP contribution in [-0.2, 0) is 0 Å². The van der Waals surface area contributed by atoms with E-state index in [1.54, 1.807) is 18.2 Å². The van der Waals surface area contributed by atoms with Crippen molar-refractivity contribution in [2.75, 3.05) is 0 Å². The van der Waals surface area contributed by atoms with Gasteiger partial charge in [0.1, 0.15) is 0 Å². The molecular formula is C10H5Cl2NO. The number of nitrogens with zero attached hydrogens (tertiary/aromatic N) is 1. The van der Waals surface area contributed by atoms with Crippen molar-refractivity contribution >= 4 is 40.4 Å². The van der Waals surface area contributed by atoms with Crippen molar-refractivity contribution in [1.82, 2.24) is 4.98 Å². The van der Waals surface area contributed by atoms with Crippen molar-refractivity contribution in [2.24, 2.45) is 0 Å². The second kappa shape index (κ2) is 3.56. The minimum Gasteiger partial charge on any atom is -0.298 e. The summed E-state index contributed by atoms with van der Waals surface area (Å²) in [6.07, 6.45) is 2.13. The highest BCUT2D eigenvalue weighted by Crippen LogP contribution is 2.26. The topological polar surface area (TPSA) is 30.0 Å². The van der Waals surface area contributed by atoms with Crippen LogP contribution in [0.25, 0.3) is 10.9 Å². The third kappa shape index (κ3) is 1.47. The van der Waals surface area contributed by atoms with Gasteiger partial charge in [-0.1, -0.05) is 23.2 Å². The Hall–Kier alpha value is -1.12. The maximum atomic E-state index is 10.6. The monoisotopic (exact) mass is 225 g/mol. The quantitative estimate of drug-likeness (QED) is 0.698. The van der Waals surface area contributed by atoms with Gasteiger partial charge in [-0.2, -0.15) is 0 Å². The SMILES string of the molecule is O=Cc1cnc2ccc(Cl)cc2c1Cl. The highest BCUT2D eigenvalue weighted by Gasteiger charge is 2.05. The lowest BCUT2D eigenvalue weighted by atomic mass is 10.2. The average Bonchev–Trinajstić information content (AvgIpc) is 2.20. The Morgan fingerprint density at radius 2 is 2.07 bits per heavy atom. The number of carbonyl (C=O) groups is 1. The summed E-state index contributed by atoms with van der Waals surface area (Å²) in [5.74, 6) is 0. The summed E-state index contributed by atoms with van der Waals surface area (Å²) in [5, 5.41) is 1.67. The molecule has 4 heteroatoms. The predicted molar refractivity (Wildman–Crippen MR) is 57.2 cm³/mol. The summed E-state index contributed by atoms with van der Waals surface area (Å²) < 4.78 is 0. The molecule has 2 rings (SSSR count). The summed E-state index contributed by atoms with van der Waals surface area (Å²) in [7, 11) is 0. The number of hydrogen-bond acceptors (Lipinski definition) is 2. The van der Waals surface area contributed by atoms with Crippen molar-refractivity contribution in [3.05, 3.63) is 40.0 Å². The van der Waals surface area contributed by atoms with E-state index in [9.17, 15) is 4.79 Å². The predicted octanol–water partition coefficient (Wildman–Crippen LogP) is 3.35. The van der Waals surface area contributed by atoms with E-state index in [2.05, 4.69) is 4.98 Å². The molecule has 0 unspecified atom stereocenters. The molecular weight excluding hydrogens is 221 g/mol. The molecule has 0 amide bonds. The van der Waals surface area contributed by atoms with Crippen LogP contribution < -0.4 is 0 Å². The third-order valence-electron chi connectivity index (χ3n) is 1.92. The van der Waals surface area contributed by atoms with E-state index in [0.29, 0.717) is 27.3 Å². The third-order valence-corrected chi connectivity index (χ3v) is 2.58. The number of pyridine rings is 1. The molecule has 2 aromatic rings. The molecule has 14 heavy (non-hydrogen) atoms. The van der Waals surface area contributed by atoms with E-state index in [1.807, 2.05) is 0 Å². The number of aldehydes is 1. The molecule has 0 radical (unpaired) electrons. The van der Waals surface area contributed by atoms with Crippen molar-refractivity contribution in [3.8, 4) is 0 Å². The van der Waals surface area contributed by atoms with Gasteiger partial charge in [0.15, 0.2) is 6.29 Å². The van der Waals surface area contributed by atoms with Gasteiger partial charge in [0.05, 0.1) is 16.1 Å². The Labute approximate surface area is 90.5 Å². The molecule has 0 atom stereocenters. The van der Waals surface area contributed by atoms with Crippen LogP contribution in [0.1, 0.15) is 10.4 Å². The Bertz CT molecular complexity index is 511. The molecule has 0 aliphatic carbocycles. The lowest BCUT2D eigenvalue weighted by Crippen LogP contribution is -1.87. The van der Waals surface area contributed by atoms with Crippen LogP contribution in [0.2, 0.25) is 10.0 Å². The molecule has 70 valence electrons. The minimum atomic E-state index is 0.376. The Morgan fingerprint density at radius 1 is 1.29 bits per heavy atom. The number of halogens is 2. The summed E-state index contributed by atoms with van der Waals surface area (Å²) in [6, 6.07) is 5.19. The zero-order valence-electron chi connectivity index (χ0n) is 7.00. The number of benzene rings is 1. The van der Waals surface area contributed by atoms with Crippen LogP contribution in [-0.4, -0.2) is 11.3 Å². The van der Waals surface area contributed by atoms with Crippen LogP contribution >= 0.6 is 23.2 Å². The van der Waals surface area contributed by atoms with Gasteiger partial charge in [-0.05, 0) is 18.2 Å². The van der Waals surface area contributed by atoms with Gasteiger partial charge in [0, 0.05) is 16.6 Å². The average molecular weight is 226 g/mol. The first kappa shape index (κ1) is 9.44. The van der Waals surface area contributed by atoms with Crippen LogP contribution in [0.15, 0.2) is 24.4 Å². The summed E-state index contributed by atoms with van der Waals surface area (Å²) >= 11 is 11.8. The van der Waals surface area contributed by atoms with E-state index in [-0.39, 0.29) is 0 Å². The maximum absolute atomic E-state index is 10.6. The number of carbonyl (C=O) groups excluding carboxylic acids is 1. The molecule has 0 bridgehead atoms. The highest BCUT2D eigenvalue weighted by atomic mass is 35.5. The number of rotatable bonds is 1. The molecule has 0 aliphatic heterocycles. The molecule has 0 saturated carbocycles. The first-order valence-electron chi connectivity index (χ1n) is 3.91. The van der Waals surface area contributed by atoms with Crippen molar-refractivity contribution in [2.45, 2.75) is 0 Å². The van der Waals surface area contributed by atoms with Crippen LogP contribution in [0, 0.1) is 0 Å². The Kier molecular flexibility index (Phi) is 2.40. The van der Waals surface area contributed by atoms with Crippen LogP contribution in [0.5, 0.6) is 0 Å².